The zero-order valence-corrected chi connectivity index (χ0v) is 14.0. The summed E-state index contributed by atoms with van der Waals surface area (Å²) in [5.41, 5.74) is 1.51. The lowest BCUT2D eigenvalue weighted by Crippen LogP contribution is -2.24. The number of nitrogens with one attached hydrogen (secondary N) is 1. The van der Waals surface area contributed by atoms with E-state index in [9.17, 15) is 9.59 Å². The molecular weight excluding hydrogens is 358 g/mol. The molecule has 1 aromatic carbocycles. The van der Waals surface area contributed by atoms with E-state index in [0.717, 1.165) is 23.0 Å². The number of likely N-dealkylation sites (tertiary alicyclic amines) is 1. The van der Waals surface area contributed by atoms with Crippen molar-refractivity contribution in [1.82, 2.24) is 9.88 Å². The van der Waals surface area contributed by atoms with Crippen LogP contribution in [-0.4, -0.2) is 28.2 Å². The van der Waals surface area contributed by atoms with Gasteiger partial charge in [0.05, 0.1) is 0 Å². The minimum Gasteiger partial charge on any atom is -0.338 e. The third-order valence-corrected chi connectivity index (χ3v) is 4.17. The van der Waals surface area contributed by atoms with Crippen LogP contribution >= 0.6 is 15.9 Å². The normalized spacial score (nSPS) is 14.1. The van der Waals surface area contributed by atoms with E-state index in [1.807, 2.05) is 29.2 Å². The molecule has 0 bridgehead atoms. The molecule has 6 heteroatoms. The van der Waals surface area contributed by atoms with Crippen LogP contribution in [0, 0.1) is 0 Å². The number of hydrogen-bond donors (Lipinski definition) is 1. The third kappa shape index (κ3) is 3.96. The second-order valence-electron chi connectivity index (χ2n) is 5.44. The molecule has 1 N–H and O–H groups in total. The first kappa shape index (κ1) is 15.7. The van der Waals surface area contributed by atoms with Gasteiger partial charge in [-0.3, -0.25) is 9.59 Å². The van der Waals surface area contributed by atoms with E-state index >= 15 is 0 Å². The van der Waals surface area contributed by atoms with Crippen LogP contribution in [0.15, 0.2) is 47.1 Å². The topological polar surface area (TPSA) is 62.3 Å². The number of benzene rings is 1. The molecule has 3 rings (SSSR count). The standard InChI is InChI=1S/C17H16BrN3O2/c18-14-6-7-15(19-10-14)20-17(23)13-4-1-3-12(9-13)11-21-8-2-5-16(21)22/h1,3-4,6-7,9-10H,2,5,8,11H2,(H,19,20,23). The van der Waals surface area contributed by atoms with Gasteiger partial charge in [-0.05, 0) is 52.2 Å². The average Bonchev–Trinajstić information content (AvgIpc) is 2.95. The number of hydrogen-bond acceptors (Lipinski definition) is 3. The van der Waals surface area contributed by atoms with Gasteiger partial charge in [0.15, 0.2) is 0 Å². The van der Waals surface area contributed by atoms with Crippen LogP contribution in [-0.2, 0) is 11.3 Å². The summed E-state index contributed by atoms with van der Waals surface area (Å²) in [4.78, 5) is 30.0. The van der Waals surface area contributed by atoms with Crippen molar-refractivity contribution in [3.05, 3.63) is 58.2 Å². The highest BCUT2D eigenvalue weighted by Gasteiger charge is 2.20. The molecular formula is C17H16BrN3O2. The van der Waals surface area contributed by atoms with E-state index < -0.39 is 0 Å². The molecule has 1 aliphatic rings. The number of pyridine rings is 1. The number of aromatic nitrogens is 1. The monoisotopic (exact) mass is 373 g/mol. The molecule has 2 aromatic rings. The highest BCUT2D eigenvalue weighted by atomic mass is 79.9. The van der Waals surface area contributed by atoms with Gasteiger partial charge in [-0.1, -0.05) is 12.1 Å². The van der Waals surface area contributed by atoms with Crippen LogP contribution in [0.25, 0.3) is 0 Å². The second-order valence-corrected chi connectivity index (χ2v) is 6.35. The lowest BCUT2D eigenvalue weighted by molar-refractivity contribution is -0.128. The van der Waals surface area contributed by atoms with Gasteiger partial charge >= 0.3 is 0 Å². The lowest BCUT2D eigenvalue weighted by atomic mass is 10.1. The van der Waals surface area contributed by atoms with E-state index in [2.05, 4.69) is 26.2 Å². The fourth-order valence-electron chi connectivity index (χ4n) is 2.54. The molecule has 23 heavy (non-hydrogen) atoms. The first-order valence-corrected chi connectivity index (χ1v) is 8.21. The van der Waals surface area contributed by atoms with Crippen LogP contribution in [0.5, 0.6) is 0 Å². The Morgan fingerprint density at radius 3 is 2.87 bits per heavy atom. The van der Waals surface area contributed by atoms with Gasteiger partial charge in [-0.2, -0.15) is 0 Å². The molecule has 1 aromatic heterocycles. The van der Waals surface area contributed by atoms with Gasteiger partial charge in [0.2, 0.25) is 5.91 Å². The van der Waals surface area contributed by atoms with Gasteiger partial charge in [0.25, 0.3) is 5.91 Å². The largest absolute Gasteiger partial charge is 0.338 e. The molecule has 0 radical (unpaired) electrons. The number of anilines is 1. The van der Waals surface area contributed by atoms with Gasteiger partial charge < -0.3 is 10.2 Å². The summed E-state index contributed by atoms with van der Waals surface area (Å²) in [6.07, 6.45) is 3.16. The molecule has 1 aliphatic heterocycles. The van der Waals surface area contributed by atoms with Crippen LogP contribution in [0.1, 0.15) is 28.8 Å². The fraction of sp³-hybridized carbons (Fsp3) is 0.235. The van der Waals surface area contributed by atoms with Crippen molar-refractivity contribution in [2.24, 2.45) is 0 Å². The lowest BCUT2D eigenvalue weighted by Gasteiger charge is -2.16. The molecule has 2 amide bonds. The molecule has 0 aliphatic carbocycles. The minimum absolute atomic E-state index is 0.180. The number of rotatable bonds is 4. The number of carbonyl (C=O) groups excluding carboxylic acids is 2. The van der Waals surface area contributed by atoms with Crippen molar-refractivity contribution in [2.75, 3.05) is 11.9 Å². The number of nitrogens with zero attached hydrogens (tertiary/aromatic N) is 2. The summed E-state index contributed by atoms with van der Waals surface area (Å²) < 4.78 is 0.854. The van der Waals surface area contributed by atoms with Crippen LogP contribution in [0.2, 0.25) is 0 Å². The van der Waals surface area contributed by atoms with Gasteiger partial charge in [-0.25, -0.2) is 4.98 Å². The first-order chi connectivity index (χ1) is 11.1. The van der Waals surface area contributed by atoms with Crippen LogP contribution < -0.4 is 5.32 Å². The van der Waals surface area contributed by atoms with E-state index in [-0.39, 0.29) is 11.8 Å². The van der Waals surface area contributed by atoms with Crippen LogP contribution in [0.4, 0.5) is 5.82 Å². The highest BCUT2D eigenvalue weighted by molar-refractivity contribution is 9.10. The Morgan fingerprint density at radius 2 is 2.17 bits per heavy atom. The van der Waals surface area contributed by atoms with Crippen molar-refractivity contribution < 1.29 is 9.59 Å². The number of amides is 2. The molecule has 0 spiro atoms. The summed E-state index contributed by atoms with van der Waals surface area (Å²) in [6, 6.07) is 10.9. The Bertz CT molecular complexity index is 731. The zero-order valence-electron chi connectivity index (χ0n) is 12.5. The van der Waals surface area contributed by atoms with Gasteiger partial charge in [0.1, 0.15) is 5.82 Å². The second kappa shape index (κ2) is 6.91. The Morgan fingerprint density at radius 1 is 1.30 bits per heavy atom. The predicted octanol–water partition coefficient (Wildman–Crippen LogP) is 3.22. The molecule has 0 atom stereocenters. The molecule has 118 valence electrons. The quantitative estimate of drug-likeness (QED) is 0.894. The SMILES string of the molecule is O=C(Nc1ccc(Br)cn1)c1cccc(CN2CCCC2=O)c1. The maximum absolute atomic E-state index is 12.3. The maximum atomic E-state index is 12.3. The Labute approximate surface area is 142 Å². The summed E-state index contributed by atoms with van der Waals surface area (Å²) >= 11 is 3.31. The number of halogens is 1. The van der Waals surface area contributed by atoms with Crippen molar-refractivity contribution in [2.45, 2.75) is 19.4 Å². The van der Waals surface area contributed by atoms with Gasteiger partial charge in [-0.15, -0.1) is 0 Å². The average molecular weight is 374 g/mol. The summed E-state index contributed by atoms with van der Waals surface area (Å²) in [5, 5.41) is 2.76. The van der Waals surface area contributed by atoms with E-state index in [4.69, 9.17) is 0 Å². The fourth-order valence-corrected chi connectivity index (χ4v) is 2.78. The van der Waals surface area contributed by atoms with E-state index in [0.29, 0.717) is 24.3 Å². The van der Waals surface area contributed by atoms with Crippen molar-refractivity contribution >= 4 is 33.6 Å². The number of carbonyl (C=O) groups is 2. The Hall–Kier alpha value is -2.21. The Kier molecular flexibility index (Phi) is 4.71. The molecule has 2 heterocycles. The molecule has 0 unspecified atom stereocenters. The van der Waals surface area contributed by atoms with Crippen molar-refractivity contribution in [3.8, 4) is 0 Å². The first-order valence-electron chi connectivity index (χ1n) is 7.41. The highest BCUT2D eigenvalue weighted by Crippen LogP contribution is 2.16. The maximum Gasteiger partial charge on any atom is 0.256 e. The third-order valence-electron chi connectivity index (χ3n) is 3.70. The molecule has 1 fully saturated rings. The molecule has 1 saturated heterocycles. The smallest absolute Gasteiger partial charge is 0.256 e. The minimum atomic E-state index is -0.213. The zero-order chi connectivity index (χ0) is 16.2. The molecule has 0 saturated carbocycles. The Balaban J connectivity index is 1.69. The predicted molar refractivity (Wildman–Crippen MR) is 91.0 cm³/mol. The van der Waals surface area contributed by atoms with Crippen molar-refractivity contribution in [1.29, 1.82) is 0 Å². The van der Waals surface area contributed by atoms with Crippen molar-refractivity contribution in [3.63, 3.8) is 0 Å². The summed E-state index contributed by atoms with van der Waals surface area (Å²) in [7, 11) is 0. The van der Waals surface area contributed by atoms with E-state index in [1.54, 1.807) is 18.3 Å². The summed E-state index contributed by atoms with van der Waals surface area (Å²) in [5.74, 6) is 0.465. The van der Waals surface area contributed by atoms with E-state index in [1.165, 1.54) is 0 Å². The summed E-state index contributed by atoms with van der Waals surface area (Å²) in [6.45, 7) is 1.34. The van der Waals surface area contributed by atoms with Crippen LogP contribution in [0.3, 0.4) is 0 Å². The van der Waals surface area contributed by atoms with Gasteiger partial charge in [0, 0.05) is 35.7 Å². The molecule has 5 nitrogen and oxygen atoms in total.